The highest BCUT2D eigenvalue weighted by atomic mass is 35.5. The standard InChI is InChI=1S/C19H19ClN2O3/c20-16-9-7-14(8-10-16)13-17(19(25)21-11-4-12-23)22-18(24)15-5-2-1-3-6-15/h1-3,5-10,13,23H,4,11-12H2,(H,21,25)(H,22,24)/b17-13+. The van der Waals surface area contributed by atoms with Crippen LogP contribution in [0.3, 0.4) is 0 Å². The molecule has 0 saturated carbocycles. The molecule has 2 amide bonds. The Bertz CT molecular complexity index is 743. The van der Waals surface area contributed by atoms with Crippen molar-refractivity contribution in [3.63, 3.8) is 0 Å². The monoisotopic (exact) mass is 358 g/mol. The number of benzene rings is 2. The minimum atomic E-state index is -0.423. The van der Waals surface area contributed by atoms with Crippen molar-refractivity contribution in [2.24, 2.45) is 0 Å². The zero-order chi connectivity index (χ0) is 18.1. The molecule has 0 aliphatic heterocycles. The Morgan fingerprint density at radius 3 is 2.36 bits per heavy atom. The Morgan fingerprint density at radius 1 is 1.04 bits per heavy atom. The van der Waals surface area contributed by atoms with Crippen molar-refractivity contribution >= 4 is 29.5 Å². The summed E-state index contributed by atoms with van der Waals surface area (Å²) in [6, 6.07) is 15.5. The summed E-state index contributed by atoms with van der Waals surface area (Å²) in [6.45, 7) is 0.293. The predicted molar refractivity (Wildman–Crippen MR) is 98.0 cm³/mol. The van der Waals surface area contributed by atoms with Gasteiger partial charge in [0.15, 0.2) is 0 Å². The molecule has 2 aromatic rings. The van der Waals surface area contributed by atoms with Crippen LogP contribution in [-0.4, -0.2) is 30.1 Å². The topological polar surface area (TPSA) is 78.4 Å². The van der Waals surface area contributed by atoms with Crippen LogP contribution in [0.15, 0.2) is 60.3 Å². The molecule has 0 saturated heterocycles. The molecule has 0 aliphatic carbocycles. The SMILES string of the molecule is O=C(NCCCO)/C(=C\c1ccc(Cl)cc1)NC(=O)c1ccccc1. The number of nitrogens with one attached hydrogen (secondary N) is 2. The van der Waals surface area contributed by atoms with Crippen molar-refractivity contribution in [3.05, 3.63) is 76.4 Å². The lowest BCUT2D eigenvalue weighted by atomic mass is 10.1. The molecule has 3 N–H and O–H groups in total. The molecule has 2 rings (SSSR count). The fraction of sp³-hybridized carbons (Fsp3) is 0.158. The minimum absolute atomic E-state index is 0.0209. The Kier molecular flexibility index (Phi) is 7.19. The van der Waals surface area contributed by atoms with Gasteiger partial charge in [-0.25, -0.2) is 0 Å². The zero-order valence-corrected chi connectivity index (χ0v) is 14.3. The van der Waals surface area contributed by atoms with Gasteiger partial charge in [-0.15, -0.1) is 0 Å². The second-order valence-corrected chi connectivity index (χ2v) is 5.70. The average molecular weight is 359 g/mol. The molecule has 0 heterocycles. The number of halogens is 1. The summed E-state index contributed by atoms with van der Waals surface area (Å²) in [5.41, 5.74) is 1.30. The highest BCUT2D eigenvalue weighted by molar-refractivity contribution is 6.30. The quantitative estimate of drug-likeness (QED) is 0.526. The van der Waals surface area contributed by atoms with Gasteiger partial charge < -0.3 is 15.7 Å². The molecule has 0 atom stereocenters. The van der Waals surface area contributed by atoms with Gasteiger partial charge in [0.05, 0.1) is 0 Å². The van der Waals surface area contributed by atoms with E-state index in [1.165, 1.54) is 0 Å². The van der Waals surface area contributed by atoms with E-state index in [4.69, 9.17) is 16.7 Å². The summed E-state index contributed by atoms with van der Waals surface area (Å²) >= 11 is 5.87. The highest BCUT2D eigenvalue weighted by Gasteiger charge is 2.14. The van der Waals surface area contributed by atoms with Crippen LogP contribution in [0.2, 0.25) is 5.02 Å². The van der Waals surface area contributed by atoms with E-state index < -0.39 is 5.91 Å². The van der Waals surface area contributed by atoms with Crippen LogP contribution >= 0.6 is 11.6 Å². The van der Waals surface area contributed by atoms with Gasteiger partial charge >= 0.3 is 0 Å². The highest BCUT2D eigenvalue weighted by Crippen LogP contribution is 2.12. The van der Waals surface area contributed by atoms with E-state index in [1.807, 2.05) is 6.07 Å². The second-order valence-electron chi connectivity index (χ2n) is 5.26. The van der Waals surface area contributed by atoms with Crippen LogP contribution in [-0.2, 0) is 4.79 Å². The molecule has 0 aliphatic rings. The van der Waals surface area contributed by atoms with Crippen molar-refractivity contribution in [1.82, 2.24) is 10.6 Å². The van der Waals surface area contributed by atoms with E-state index in [9.17, 15) is 9.59 Å². The van der Waals surface area contributed by atoms with Crippen LogP contribution in [0.25, 0.3) is 6.08 Å². The molecule has 0 fully saturated rings. The maximum absolute atomic E-state index is 12.4. The number of aliphatic hydroxyl groups is 1. The first-order chi connectivity index (χ1) is 12.1. The maximum atomic E-state index is 12.4. The van der Waals surface area contributed by atoms with Gasteiger partial charge in [0.1, 0.15) is 5.70 Å². The number of hydrogen-bond acceptors (Lipinski definition) is 3. The Balaban J connectivity index is 2.20. The van der Waals surface area contributed by atoms with Crippen LogP contribution in [0.5, 0.6) is 0 Å². The molecule has 130 valence electrons. The first kappa shape index (κ1) is 18.7. The summed E-state index contributed by atoms with van der Waals surface area (Å²) in [7, 11) is 0. The summed E-state index contributed by atoms with van der Waals surface area (Å²) < 4.78 is 0. The lowest BCUT2D eigenvalue weighted by Gasteiger charge is -2.11. The van der Waals surface area contributed by atoms with Crippen molar-refractivity contribution in [1.29, 1.82) is 0 Å². The van der Waals surface area contributed by atoms with Crippen LogP contribution in [0.1, 0.15) is 22.3 Å². The lowest BCUT2D eigenvalue weighted by Crippen LogP contribution is -2.35. The second kappa shape index (κ2) is 9.61. The Morgan fingerprint density at radius 2 is 1.72 bits per heavy atom. The minimum Gasteiger partial charge on any atom is -0.396 e. The van der Waals surface area contributed by atoms with Crippen molar-refractivity contribution in [3.8, 4) is 0 Å². The van der Waals surface area contributed by atoms with E-state index in [-0.39, 0.29) is 18.2 Å². The fourth-order valence-corrected chi connectivity index (χ4v) is 2.17. The normalized spacial score (nSPS) is 11.0. The molecule has 6 heteroatoms. The third kappa shape index (κ3) is 6.06. The fourth-order valence-electron chi connectivity index (χ4n) is 2.04. The van der Waals surface area contributed by atoms with E-state index in [0.717, 1.165) is 5.56 Å². The molecular weight excluding hydrogens is 340 g/mol. The van der Waals surface area contributed by atoms with Crippen LogP contribution in [0.4, 0.5) is 0 Å². The number of amides is 2. The summed E-state index contributed by atoms with van der Waals surface area (Å²) in [5, 5.41) is 14.7. The van der Waals surface area contributed by atoms with Gasteiger partial charge in [0.25, 0.3) is 11.8 Å². The summed E-state index contributed by atoms with van der Waals surface area (Å²) in [6.07, 6.45) is 2.01. The molecule has 0 bridgehead atoms. The Labute approximate surface area is 151 Å². The number of hydrogen-bond donors (Lipinski definition) is 3. The molecular formula is C19H19ClN2O3. The van der Waals surface area contributed by atoms with Gasteiger partial charge in [-0.1, -0.05) is 41.9 Å². The van der Waals surface area contributed by atoms with Crippen molar-refractivity contribution in [2.75, 3.05) is 13.2 Å². The molecule has 0 spiro atoms. The number of carbonyl (C=O) groups excluding carboxylic acids is 2. The first-order valence-electron chi connectivity index (χ1n) is 7.83. The number of rotatable bonds is 7. The van der Waals surface area contributed by atoms with Gasteiger partial charge in [-0.2, -0.15) is 0 Å². The molecule has 2 aromatic carbocycles. The smallest absolute Gasteiger partial charge is 0.267 e. The first-order valence-corrected chi connectivity index (χ1v) is 8.20. The van der Waals surface area contributed by atoms with Gasteiger partial charge in [-0.05, 0) is 42.3 Å². The Hall–Kier alpha value is -2.63. The zero-order valence-electron chi connectivity index (χ0n) is 13.5. The molecule has 0 aromatic heterocycles. The third-order valence-corrected chi connectivity index (χ3v) is 3.58. The molecule has 0 unspecified atom stereocenters. The van der Waals surface area contributed by atoms with Crippen LogP contribution < -0.4 is 10.6 Å². The van der Waals surface area contributed by atoms with Crippen LogP contribution in [0, 0.1) is 0 Å². The average Bonchev–Trinajstić information content (AvgIpc) is 2.63. The third-order valence-electron chi connectivity index (χ3n) is 3.33. The summed E-state index contributed by atoms with van der Waals surface area (Å²) in [5.74, 6) is -0.800. The molecule has 0 radical (unpaired) electrons. The maximum Gasteiger partial charge on any atom is 0.267 e. The van der Waals surface area contributed by atoms with Gasteiger partial charge in [-0.3, -0.25) is 9.59 Å². The lowest BCUT2D eigenvalue weighted by molar-refractivity contribution is -0.117. The van der Waals surface area contributed by atoms with Gasteiger partial charge in [0, 0.05) is 23.7 Å². The van der Waals surface area contributed by atoms with E-state index >= 15 is 0 Å². The predicted octanol–water partition coefficient (Wildman–Crippen LogP) is 2.61. The van der Waals surface area contributed by atoms with E-state index in [2.05, 4.69) is 10.6 Å². The largest absolute Gasteiger partial charge is 0.396 e. The van der Waals surface area contributed by atoms with Crippen molar-refractivity contribution in [2.45, 2.75) is 6.42 Å². The van der Waals surface area contributed by atoms with E-state index in [0.29, 0.717) is 23.6 Å². The number of aliphatic hydroxyl groups excluding tert-OH is 1. The molecule has 25 heavy (non-hydrogen) atoms. The molecule has 5 nitrogen and oxygen atoms in total. The van der Waals surface area contributed by atoms with Gasteiger partial charge in [0.2, 0.25) is 0 Å². The van der Waals surface area contributed by atoms with E-state index in [1.54, 1.807) is 54.6 Å². The summed E-state index contributed by atoms with van der Waals surface area (Å²) in [4.78, 5) is 24.7. The number of carbonyl (C=O) groups is 2. The van der Waals surface area contributed by atoms with Crippen molar-refractivity contribution < 1.29 is 14.7 Å².